The number of fused-ring (bicyclic) bond motifs is 1. The summed E-state index contributed by atoms with van der Waals surface area (Å²) in [5.41, 5.74) is 3.62. The minimum Gasteiger partial charge on any atom is -0.342 e. The number of nitrogens with one attached hydrogen (secondary N) is 1. The maximum atomic E-state index is 4.57. The zero-order chi connectivity index (χ0) is 10.8. The number of hydrogen-bond acceptors (Lipinski definition) is 1. The fourth-order valence-corrected chi connectivity index (χ4v) is 1.81. The maximum Gasteiger partial charge on any atom is 0.107 e. The number of aryl methyl sites for hydroxylation is 1. The van der Waals surface area contributed by atoms with E-state index in [1.165, 1.54) is 11.1 Å². The van der Waals surface area contributed by atoms with Crippen LogP contribution >= 0.6 is 0 Å². The maximum absolute atomic E-state index is 4.57. The highest BCUT2D eigenvalue weighted by Crippen LogP contribution is 2.15. The number of imidazole rings is 1. The normalized spacial score (nSPS) is 11.5. The molecule has 0 aliphatic carbocycles. The van der Waals surface area contributed by atoms with Gasteiger partial charge in [0.1, 0.15) is 5.82 Å². The molecule has 80 valence electrons. The smallest absolute Gasteiger partial charge is 0.107 e. The molecule has 0 saturated heterocycles. The monoisotopic (exact) mass is 202 g/mol. The molecule has 1 aromatic heterocycles. The van der Waals surface area contributed by atoms with Crippen LogP contribution in [-0.4, -0.2) is 9.97 Å². The summed E-state index contributed by atoms with van der Waals surface area (Å²) in [5.74, 6) is 1.75. The van der Waals surface area contributed by atoms with Gasteiger partial charge >= 0.3 is 0 Å². The molecule has 15 heavy (non-hydrogen) atoms. The summed E-state index contributed by atoms with van der Waals surface area (Å²) < 4.78 is 0. The second kappa shape index (κ2) is 4.05. The summed E-state index contributed by atoms with van der Waals surface area (Å²) >= 11 is 0. The number of aromatic nitrogens is 2. The number of H-pyrrole nitrogens is 1. The predicted molar refractivity (Wildman–Crippen MR) is 64.0 cm³/mol. The average molecular weight is 202 g/mol. The van der Waals surface area contributed by atoms with E-state index in [0.717, 1.165) is 24.2 Å². The SMILES string of the molecule is CCc1ccc2nc(CC(C)C)[nH]c2c1. The standard InChI is InChI=1S/C13H18N2/c1-4-10-5-6-11-12(8-10)15-13(14-11)7-9(2)3/h5-6,8-9H,4,7H2,1-3H3,(H,14,15). The second-order valence-corrected chi connectivity index (χ2v) is 4.49. The van der Waals surface area contributed by atoms with E-state index in [4.69, 9.17) is 0 Å². The zero-order valence-corrected chi connectivity index (χ0v) is 9.67. The van der Waals surface area contributed by atoms with Crippen LogP contribution < -0.4 is 0 Å². The molecule has 1 N–H and O–H groups in total. The summed E-state index contributed by atoms with van der Waals surface area (Å²) in [7, 11) is 0. The van der Waals surface area contributed by atoms with Gasteiger partial charge in [0.2, 0.25) is 0 Å². The lowest BCUT2D eigenvalue weighted by molar-refractivity contribution is 0.627. The van der Waals surface area contributed by atoms with Crippen molar-refractivity contribution in [3.8, 4) is 0 Å². The van der Waals surface area contributed by atoms with Gasteiger partial charge in [0.25, 0.3) is 0 Å². The van der Waals surface area contributed by atoms with Gasteiger partial charge in [0.15, 0.2) is 0 Å². The molecule has 0 bridgehead atoms. The first-order chi connectivity index (χ1) is 7.19. The van der Waals surface area contributed by atoms with Gasteiger partial charge in [-0.3, -0.25) is 0 Å². The Bertz CT molecular complexity index is 455. The van der Waals surface area contributed by atoms with Gasteiger partial charge in [-0.15, -0.1) is 0 Å². The highest BCUT2D eigenvalue weighted by molar-refractivity contribution is 5.75. The van der Waals surface area contributed by atoms with Crippen molar-refractivity contribution >= 4 is 11.0 Å². The fourth-order valence-electron chi connectivity index (χ4n) is 1.81. The van der Waals surface area contributed by atoms with Crippen molar-refractivity contribution in [2.75, 3.05) is 0 Å². The van der Waals surface area contributed by atoms with Crippen molar-refractivity contribution in [1.82, 2.24) is 9.97 Å². The molecule has 0 saturated carbocycles. The van der Waals surface area contributed by atoms with Gasteiger partial charge in [-0.05, 0) is 30.0 Å². The van der Waals surface area contributed by atoms with Crippen LogP contribution in [-0.2, 0) is 12.8 Å². The molecule has 0 fully saturated rings. The third-order valence-electron chi connectivity index (χ3n) is 2.61. The lowest BCUT2D eigenvalue weighted by atomic mass is 10.1. The van der Waals surface area contributed by atoms with E-state index in [9.17, 15) is 0 Å². The van der Waals surface area contributed by atoms with Crippen LogP contribution in [0.25, 0.3) is 11.0 Å². The average Bonchev–Trinajstić information content (AvgIpc) is 2.57. The van der Waals surface area contributed by atoms with Crippen LogP contribution in [0.2, 0.25) is 0 Å². The first kappa shape index (κ1) is 10.2. The second-order valence-electron chi connectivity index (χ2n) is 4.49. The van der Waals surface area contributed by atoms with E-state index in [-0.39, 0.29) is 0 Å². The van der Waals surface area contributed by atoms with Crippen molar-refractivity contribution in [2.45, 2.75) is 33.6 Å². The highest BCUT2D eigenvalue weighted by atomic mass is 14.9. The van der Waals surface area contributed by atoms with Crippen LogP contribution in [0, 0.1) is 5.92 Å². The molecule has 0 amide bonds. The Hall–Kier alpha value is -1.31. The van der Waals surface area contributed by atoms with Gasteiger partial charge in [-0.1, -0.05) is 26.8 Å². The third kappa shape index (κ3) is 2.20. The van der Waals surface area contributed by atoms with E-state index >= 15 is 0 Å². The first-order valence-corrected chi connectivity index (χ1v) is 5.66. The lowest BCUT2D eigenvalue weighted by Gasteiger charge is -1.98. The van der Waals surface area contributed by atoms with Crippen molar-refractivity contribution in [2.24, 2.45) is 5.92 Å². The Morgan fingerprint density at radius 1 is 1.33 bits per heavy atom. The molecule has 2 rings (SSSR count). The van der Waals surface area contributed by atoms with Crippen molar-refractivity contribution in [1.29, 1.82) is 0 Å². The molecule has 0 aliphatic rings. The zero-order valence-electron chi connectivity index (χ0n) is 9.67. The summed E-state index contributed by atoms with van der Waals surface area (Å²) in [6.45, 7) is 6.60. The molecule has 0 radical (unpaired) electrons. The Labute approximate surface area is 90.7 Å². The molecule has 0 aliphatic heterocycles. The van der Waals surface area contributed by atoms with Crippen molar-refractivity contribution < 1.29 is 0 Å². The van der Waals surface area contributed by atoms with Crippen molar-refractivity contribution in [3.63, 3.8) is 0 Å². The number of benzene rings is 1. The quantitative estimate of drug-likeness (QED) is 0.812. The number of rotatable bonds is 3. The molecule has 2 aromatic rings. The van der Waals surface area contributed by atoms with Crippen LogP contribution in [0.5, 0.6) is 0 Å². The van der Waals surface area contributed by atoms with Gasteiger partial charge in [-0.25, -0.2) is 4.98 Å². The molecule has 0 spiro atoms. The third-order valence-corrected chi connectivity index (χ3v) is 2.61. The Morgan fingerprint density at radius 3 is 2.80 bits per heavy atom. The van der Waals surface area contributed by atoms with Crippen molar-refractivity contribution in [3.05, 3.63) is 29.6 Å². The number of nitrogens with zero attached hydrogens (tertiary/aromatic N) is 1. The van der Waals surface area contributed by atoms with Gasteiger partial charge < -0.3 is 4.98 Å². The minimum absolute atomic E-state index is 0.649. The molecular formula is C13H18N2. The molecule has 2 heteroatoms. The van der Waals surface area contributed by atoms with Gasteiger partial charge in [0.05, 0.1) is 11.0 Å². The lowest BCUT2D eigenvalue weighted by Crippen LogP contribution is -1.95. The predicted octanol–water partition coefficient (Wildman–Crippen LogP) is 3.32. The number of aromatic amines is 1. The van der Waals surface area contributed by atoms with E-state index < -0.39 is 0 Å². The molecule has 1 aromatic carbocycles. The van der Waals surface area contributed by atoms with Crippen LogP contribution in [0.3, 0.4) is 0 Å². The van der Waals surface area contributed by atoms with E-state index in [1.807, 2.05) is 0 Å². The Morgan fingerprint density at radius 2 is 2.13 bits per heavy atom. The fraction of sp³-hybridized carbons (Fsp3) is 0.462. The molecule has 0 unspecified atom stereocenters. The van der Waals surface area contributed by atoms with Crippen LogP contribution in [0.1, 0.15) is 32.2 Å². The van der Waals surface area contributed by atoms with E-state index in [0.29, 0.717) is 5.92 Å². The molecule has 2 nitrogen and oxygen atoms in total. The van der Waals surface area contributed by atoms with E-state index in [2.05, 4.69) is 48.9 Å². The van der Waals surface area contributed by atoms with Gasteiger partial charge in [0, 0.05) is 6.42 Å². The van der Waals surface area contributed by atoms with Crippen LogP contribution in [0.15, 0.2) is 18.2 Å². The summed E-state index contributed by atoms with van der Waals surface area (Å²) in [4.78, 5) is 7.96. The Kier molecular flexibility index (Phi) is 2.76. The molecule has 1 heterocycles. The largest absolute Gasteiger partial charge is 0.342 e. The Balaban J connectivity index is 2.37. The molecule has 0 atom stereocenters. The van der Waals surface area contributed by atoms with Gasteiger partial charge in [-0.2, -0.15) is 0 Å². The number of hydrogen-bond donors (Lipinski definition) is 1. The molecular weight excluding hydrogens is 184 g/mol. The van der Waals surface area contributed by atoms with E-state index in [1.54, 1.807) is 0 Å². The highest BCUT2D eigenvalue weighted by Gasteiger charge is 2.04. The first-order valence-electron chi connectivity index (χ1n) is 5.66. The summed E-state index contributed by atoms with van der Waals surface area (Å²) in [6, 6.07) is 6.46. The summed E-state index contributed by atoms with van der Waals surface area (Å²) in [6.07, 6.45) is 2.10. The topological polar surface area (TPSA) is 28.7 Å². The van der Waals surface area contributed by atoms with Crippen LogP contribution in [0.4, 0.5) is 0 Å². The minimum atomic E-state index is 0.649. The summed E-state index contributed by atoms with van der Waals surface area (Å²) in [5, 5.41) is 0.